The molecule has 0 aliphatic carbocycles. The minimum absolute atomic E-state index is 0.172. The lowest BCUT2D eigenvalue weighted by Crippen LogP contribution is -2.32. The minimum atomic E-state index is -0.537. The first-order chi connectivity index (χ1) is 17.6. The molecule has 2 aromatic carbocycles. The first-order valence-corrected chi connectivity index (χ1v) is 12.3. The Morgan fingerprint density at radius 1 is 0.865 bits per heavy atom. The average Bonchev–Trinajstić information content (AvgIpc) is 2.85. The maximum atomic E-state index is 12.8. The molecule has 0 aliphatic rings. The number of aromatic nitrogens is 2. The van der Waals surface area contributed by atoms with Crippen molar-refractivity contribution in [3.8, 4) is 0 Å². The van der Waals surface area contributed by atoms with Gasteiger partial charge in [-0.2, -0.15) is 0 Å². The molecule has 0 fully saturated rings. The van der Waals surface area contributed by atoms with Crippen LogP contribution in [0, 0.1) is 0 Å². The molecule has 0 radical (unpaired) electrons. The van der Waals surface area contributed by atoms with E-state index in [0.29, 0.717) is 30.1 Å². The number of hydrogen-bond acceptors (Lipinski definition) is 5. The fraction of sp³-hybridized carbons (Fsp3) is 0.241. The molecule has 0 bridgehead atoms. The van der Waals surface area contributed by atoms with Crippen LogP contribution in [0.3, 0.4) is 0 Å². The molecule has 4 rings (SSSR count). The van der Waals surface area contributed by atoms with E-state index < -0.39 is 11.7 Å². The van der Waals surface area contributed by atoms with Gasteiger partial charge in [0, 0.05) is 48.5 Å². The average molecular weight is 517 g/mol. The van der Waals surface area contributed by atoms with Gasteiger partial charge in [0.25, 0.3) is 5.91 Å². The highest BCUT2D eigenvalue weighted by atomic mass is 35.5. The third-order valence-corrected chi connectivity index (χ3v) is 5.69. The molecule has 0 saturated heterocycles. The van der Waals surface area contributed by atoms with Gasteiger partial charge in [-0.3, -0.25) is 14.8 Å². The summed E-state index contributed by atoms with van der Waals surface area (Å²) in [5, 5.41) is 7.24. The van der Waals surface area contributed by atoms with E-state index in [-0.39, 0.29) is 5.91 Å². The van der Waals surface area contributed by atoms with Gasteiger partial charge in [-0.05, 0) is 67.8 Å². The zero-order valence-corrected chi connectivity index (χ0v) is 21.8. The zero-order chi connectivity index (χ0) is 26.4. The molecule has 8 heteroatoms. The van der Waals surface area contributed by atoms with Crippen LogP contribution in [-0.4, -0.2) is 27.6 Å². The summed E-state index contributed by atoms with van der Waals surface area (Å²) in [7, 11) is 0. The highest BCUT2D eigenvalue weighted by Gasteiger charge is 2.15. The molecule has 0 saturated carbocycles. The summed E-state index contributed by atoms with van der Waals surface area (Å²) in [4.78, 5) is 33.3. The van der Waals surface area contributed by atoms with Crippen LogP contribution < -0.4 is 10.6 Å². The van der Waals surface area contributed by atoms with E-state index in [2.05, 4.69) is 20.6 Å². The second-order valence-electron chi connectivity index (χ2n) is 9.75. The van der Waals surface area contributed by atoms with Crippen LogP contribution in [0.5, 0.6) is 0 Å². The van der Waals surface area contributed by atoms with Crippen molar-refractivity contribution >= 4 is 34.5 Å². The summed E-state index contributed by atoms with van der Waals surface area (Å²) in [6.07, 6.45) is 3.41. The number of halogens is 1. The number of nitrogens with one attached hydrogen (secondary N) is 2. The van der Waals surface area contributed by atoms with Gasteiger partial charge in [0.05, 0.1) is 10.5 Å². The third kappa shape index (κ3) is 7.75. The van der Waals surface area contributed by atoms with Crippen molar-refractivity contribution in [3.05, 3.63) is 106 Å². The maximum absolute atomic E-state index is 12.8. The number of hydrogen-bond donors (Lipinski definition) is 2. The first-order valence-electron chi connectivity index (χ1n) is 12.0. The fourth-order valence-electron chi connectivity index (χ4n) is 3.74. The lowest BCUT2D eigenvalue weighted by atomic mass is 10.0. The van der Waals surface area contributed by atoms with Crippen molar-refractivity contribution in [2.24, 2.45) is 0 Å². The lowest BCUT2D eigenvalue weighted by Gasteiger charge is -2.19. The number of carbonyl (C=O) groups excluding carboxylic acids is 2. The molecule has 0 atom stereocenters. The summed E-state index contributed by atoms with van der Waals surface area (Å²) in [5.74, 6) is -0.172. The standard InChI is InChI=1S/C29H29ClN4O3/c1-29(2,3)37-28(36)34-17-20-6-4-19(5-7-20)16-33-27(35)22-10-11-31-25(15-22)13-21-8-9-26-23(12-21)14-24(30)18-32-26/h4-12,14-15,18H,13,16-17H2,1-3H3,(H,33,35)(H,34,36). The number of benzene rings is 2. The summed E-state index contributed by atoms with van der Waals surface area (Å²) in [6.45, 7) is 6.21. The SMILES string of the molecule is CC(C)(C)OC(=O)NCc1ccc(CNC(=O)c2ccnc(Cc3ccc4ncc(Cl)cc4c3)c2)cc1. The number of alkyl carbamates (subject to hydrolysis) is 1. The summed E-state index contributed by atoms with van der Waals surface area (Å²) >= 11 is 6.07. The first kappa shape index (κ1) is 26.1. The molecule has 0 spiro atoms. The number of nitrogens with zero attached hydrogens (tertiary/aromatic N) is 2. The Morgan fingerprint density at radius 2 is 1.54 bits per heavy atom. The van der Waals surface area contributed by atoms with Gasteiger partial charge in [-0.25, -0.2) is 4.79 Å². The predicted octanol–water partition coefficient (Wildman–Crippen LogP) is 5.83. The van der Waals surface area contributed by atoms with E-state index in [0.717, 1.165) is 33.3 Å². The predicted molar refractivity (Wildman–Crippen MR) is 144 cm³/mol. The Bertz CT molecular complexity index is 1420. The molecule has 7 nitrogen and oxygen atoms in total. The van der Waals surface area contributed by atoms with Gasteiger partial charge in [0.15, 0.2) is 0 Å². The van der Waals surface area contributed by atoms with Crippen molar-refractivity contribution in [2.45, 2.75) is 45.9 Å². The Hall–Kier alpha value is -3.97. The molecular weight excluding hydrogens is 488 g/mol. The third-order valence-electron chi connectivity index (χ3n) is 5.49. The van der Waals surface area contributed by atoms with Gasteiger partial charge in [0.1, 0.15) is 5.60 Å². The molecule has 4 aromatic rings. The Morgan fingerprint density at radius 3 is 2.24 bits per heavy atom. The smallest absolute Gasteiger partial charge is 0.407 e. The molecular formula is C29H29ClN4O3. The summed E-state index contributed by atoms with van der Waals surface area (Å²) in [5.41, 5.74) is 4.63. The molecule has 2 heterocycles. The Balaban J connectivity index is 1.31. The number of ether oxygens (including phenoxy) is 1. The van der Waals surface area contributed by atoms with Crippen LogP contribution in [0.1, 0.15) is 53.5 Å². The van der Waals surface area contributed by atoms with E-state index in [1.165, 1.54) is 0 Å². The van der Waals surface area contributed by atoms with Gasteiger partial charge in [-0.15, -0.1) is 0 Å². The van der Waals surface area contributed by atoms with E-state index in [4.69, 9.17) is 16.3 Å². The van der Waals surface area contributed by atoms with E-state index in [1.807, 2.05) is 69.3 Å². The van der Waals surface area contributed by atoms with Crippen LogP contribution >= 0.6 is 11.6 Å². The second kappa shape index (κ2) is 11.4. The minimum Gasteiger partial charge on any atom is -0.444 e. The van der Waals surface area contributed by atoms with E-state index >= 15 is 0 Å². The second-order valence-corrected chi connectivity index (χ2v) is 10.2. The quantitative estimate of drug-likeness (QED) is 0.322. The normalized spacial score (nSPS) is 11.2. The highest BCUT2D eigenvalue weighted by Crippen LogP contribution is 2.20. The number of amides is 2. The Kier molecular flexibility index (Phi) is 8.04. The summed E-state index contributed by atoms with van der Waals surface area (Å²) in [6, 6.07) is 19.1. The zero-order valence-electron chi connectivity index (χ0n) is 21.0. The van der Waals surface area contributed by atoms with Gasteiger partial charge in [-0.1, -0.05) is 41.9 Å². The summed E-state index contributed by atoms with van der Waals surface area (Å²) < 4.78 is 5.24. The van der Waals surface area contributed by atoms with Gasteiger partial charge in [0.2, 0.25) is 0 Å². The maximum Gasteiger partial charge on any atom is 0.407 e. The lowest BCUT2D eigenvalue weighted by molar-refractivity contribution is 0.0523. The van der Waals surface area contributed by atoms with Crippen molar-refractivity contribution in [1.29, 1.82) is 0 Å². The molecule has 2 aromatic heterocycles. The molecule has 0 unspecified atom stereocenters. The number of pyridine rings is 2. The van der Waals surface area contributed by atoms with Crippen molar-refractivity contribution in [3.63, 3.8) is 0 Å². The number of fused-ring (bicyclic) bond motifs is 1. The molecule has 190 valence electrons. The van der Waals surface area contributed by atoms with Crippen LogP contribution in [0.4, 0.5) is 4.79 Å². The number of carbonyl (C=O) groups is 2. The monoisotopic (exact) mass is 516 g/mol. The van der Waals surface area contributed by atoms with Crippen molar-refractivity contribution < 1.29 is 14.3 Å². The van der Waals surface area contributed by atoms with Crippen LogP contribution in [-0.2, 0) is 24.2 Å². The Labute approximate surface area is 221 Å². The topological polar surface area (TPSA) is 93.2 Å². The van der Waals surface area contributed by atoms with Crippen molar-refractivity contribution in [1.82, 2.24) is 20.6 Å². The largest absolute Gasteiger partial charge is 0.444 e. The van der Waals surface area contributed by atoms with Crippen molar-refractivity contribution in [2.75, 3.05) is 0 Å². The van der Waals surface area contributed by atoms with Crippen LogP contribution in [0.15, 0.2) is 73.1 Å². The molecule has 0 aliphatic heterocycles. The van der Waals surface area contributed by atoms with Crippen LogP contribution in [0.2, 0.25) is 5.02 Å². The molecule has 37 heavy (non-hydrogen) atoms. The molecule has 2 N–H and O–H groups in total. The number of rotatable bonds is 7. The van der Waals surface area contributed by atoms with E-state index in [9.17, 15) is 9.59 Å². The van der Waals surface area contributed by atoms with Crippen LogP contribution in [0.25, 0.3) is 10.9 Å². The highest BCUT2D eigenvalue weighted by molar-refractivity contribution is 6.31. The van der Waals surface area contributed by atoms with Gasteiger partial charge < -0.3 is 15.4 Å². The van der Waals surface area contributed by atoms with Gasteiger partial charge >= 0.3 is 6.09 Å². The fourth-order valence-corrected chi connectivity index (χ4v) is 3.90. The molecule has 2 amide bonds. The van der Waals surface area contributed by atoms with E-state index in [1.54, 1.807) is 24.5 Å².